The zero-order valence-corrected chi connectivity index (χ0v) is 15.9. The molecule has 2 N–H and O–H groups in total. The maximum Gasteiger partial charge on any atom is 0.407 e. The number of carboxylic acids is 1. The van der Waals surface area contributed by atoms with Crippen LogP contribution in [0.15, 0.2) is 24.3 Å². The van der Waals surface area contributed by atoms with Crippen LogP contribution in [0.25, 0.3) is 0 Å². The van der Waals surface area contributed by atoms with Crippen molar-refractivity contribution in [1.82, 2.24) is 5.32 Å². The molecular formula is C16H22ClNO6S. The molecule has 1 aromatic carbocycles. The molecule has 140 valence electrons. The van der Waals surface area contributed by atoms with Gasteiger partial charge in [0.25, 0.3) is 0 Å². The number of benzene rings is 1. The number of ether oxygens (including phenoxy) is 1. The summed E-state index contributed by atoms with van der Waals surface area (Å²) >= 11 is 5.82. The van der Waals surface area contributed by atoms with Crippen molar-refractivity contribution >= 4 is 33.5 Å². The lowest BCUT2D eigenvalue weighted by atomic mass is 10.1. The fourth-order valence-electron chi connectivity index (χ4n) is 2.08. The lowest BCUT2D eigenvalue weighted by molar-refractivity contribution is -0.134. The quantitative estimate of drug-likeness (QED) is 0.737. The van der Waals surface area contributed by atoms with Crippen LogP contribution in [-0.4, -0.2) is 48.7 Å². The predicted molar refractivity (Wildman–Crippen MR) is 94.6 cm³/mol. The lowest BCUT2D eigenvalue weighted by Crippen LogP contribution is -2.44. The molecule has 0 fully saturated rings. The number of aliphatic carboxylic acids is 1. The number of alkyl carbamates (subject to hydrolysis) is 1. The largest absolute Gasteiger partial charge is 0.480 e. The van der Waals surface area contributed by atoms with Crippen molar-refractivity contribution in [2.24, 2.45) is 0 Å². The Morgan fingerprint density at radius 2 is 1.80 bits per heavy atom. The van der Waals surface area contributed by atoms with E-state index in [0.29, 0.717) is 5.02 Å². The van der Waals surface area contributed by atoms with E-state index in [1.807, 2.05) is 0 Å². The SMILES string of the molecule is CC(C)(C)OC(=O)NC(Cc1ccc(Cl)cc1)CS(=O)(=O)CC(=O)O. The van der Waals surface area contributed by atoms with Crippen molar-refractivity contribution in [2.75, 3.05) is 11.5 Å². The van der Waals surface area contributed by atoms with Crippen LogP contribution in [0.5, 0.6) is 0 Å². The molecule has 1 aromatic rings. The fraction of sp³-hybridized carbons (Fsp3) is 0.500. The van der Waals surface area contributed by atoms with Gasteiger partial charge in [0.15, 0.2) is 9.84 Å². The maximum absolute atomic E-state index is 12.0. The molecule has 0 saturated carbocycles. The molecule has 0 aliphatic carbocycles. The van der Waals surface area contributed by atoms with Gasteiger partial charge in [-0.3, -0.25) is 4.79 Å². The van der Waals surface area contributed by atoms with Crippen LogP contribution >= 0.6 is 11.6 Å². The first kappa shape index (κ1) is 21.2. The average Bonchev–Trinajstić information content (AvgIpc) is 2.36. The van der Waals surface area contributed by atoms with E-state index in [-0.39, 0.29) is 6.42 Å². The molecule has 0 radical (unpaired) electrons. The number of sulfone groups is 1. The van der Waals surface area contributed by atoms with E-state index < -0.39 is 45.0 Å². The highest BCUT2D eigenvalue weighted by atomic mass is 35.5. The van der Waals surface area contributed by atoms with Crippen molar-refractivity contribution in [1.29, 1.82) is 0 Å². The van der Waals surface area contributed by atoms with Gasteiger partial charge in [-0.05, 0) is 44.9 Å². The van der Waals surface area contributed by atoms with E-state index in [4.69, 9.17) is 21.4 Å². The Morgan fingerprint density at radius 3 is 2.28 bits per heavy atom. The molecule has 0 heterocycles. The zero-order valence-electron chi connectivity index (χ0n) is 14.3. The van der Waals surface area contributed by atoms with E-state index in [1.165, 1.54) is 0 Å². The topological polar surface area (TPSA) is 110 Å². The lowest BCUT2D eigenvalue weighted by Gasteiger charge is -2.23. The Labute approximate surface area is 152 Å². The minimum Gasteiger partial charge on any atom is -0.480 e. The number of carbonyl (C=O) groups is 2. The van der Waals surface area contributed by atoms with E-state index >= 15 is 0 Å². The number of rotatable bonds is 7. The molecule has 7 nitrogen and oxygen atoms in total. The van der Waals surface area contributed by atoms with Gasteiger partial charge in [0, 0.05) is 5.02 Å². The molecule has 1 amide bonds. The first-order valence-electron chi connectivity index (χ1n) is 7.52. The van der Waals surface area contributed by atoms with Crippen LogP contribution in [0.4, 0.5) is 4.79 Å². The van der Waals surface area contributed by atoms with E-state index in [2.05, 4.69) is 5.32 Å². The summed E-state index contributed by atoms with van der Waals surface area (Å²) in [5.41, 5.74) is 0.00506. The molecule has 0 spiro atoms. The number of amides is 1. The minimum atomic E-state index is -3.89. The summed E-state index contributed by atoms with van der Waals surface area (Å²) < 4.78 is 29.1. The molecule has 1 rings (SSSR count). The number of carbonyl (C=O) groups excluding carboxylic acids is 1. The smallest absolute Gasteiger partial charge is 0.407 e. The molecule has 9 heteroatoms. The van der Waals surface area contributed by atoms with Crippen molar-refractivity contribution in [2.45, 2.75) is 38.8 Å². The van der Waals surface area contributed by atoms with Gasteiger partial charge in [-0.15, -0.1) is 0 Å². The molecule has 0 saturated heterocycles. The molecule has 0 bridgehead atoms. The average molecular weight is 392 g/mol. The predicted octanol–water partition coefficient (Wildman–Crippen LogP) is 2.28. The standard InChI is InChI=1S/C16H22ClNO6S/c1-16(2,3)24-15(21)18-13(9-25(22,23)10-14(19)20)8-11-4-6-12(17)7-5-11/h4-7,13H,8-10H2,1-3H3,(H,18,21)(H,19,20). The van der Waals surface area contributed by atoms with Gasteiger partial charge in [0.1, 0.15) is 11.4 Å². The van der Waals surface area contributed by atoms with Gasteiger partial charge in [-0.25, -0.2) is 13.2 Å². The minimum absolute atomic E-state index is 0.190. The van der Waals surface area contributed by atoms with Gasteiger partial charge < -0.3 is 15.2 Å². The van der Waals surface area contributed by atoms with E-state index in [9.17, 15) is 18.0 Å². The van der Waals surface area contributed by atoms with Gasteiger partial charge >= 0.3 is 12.1 Å². The van der Waals surface area contributed by atoms with Crippen LogP contribution < -0.4 is 5.32 Å². The van der Waals surface area contributed by atoms with Gasteiger partial charge in [-0.2, -0.15) is 0 Å². The summed E-state index contributed by atoms with van der Waals surface area (Å²) in [7, 11) is -3.89. The summed E-state index contributed by atoms with van der Waals surface area (Å²) in [6.45, 7) is 5.05. The third-order valence-electron chi connectivity index (χ3n) is 2.91. The summed E-state index contributed by atoms with van der Waals surface area (Å²) in [5, 5.41) is 11.7. The molecule has 0 aliphatic heterocycles. The highest BCUT2D eigenvalue weighted by Crippen LogP contribution is 2.13. The Kier molecular flexibility index (Phi) is 7.25. The molecule has 25 heavy (non-hydrogen) atoms. The second-order valence-corrected chi connectivity index (χ2v) is 9.17. The van der Waals surface area contributed by atoms with Crippen LogP contribution in [0.3, 0.4) is 0 Å². The number of halogens is 1. The first-order chi connectivity index (χ1) is 11.4. The summed E-state index contributed by atoms with van der Waals surface area (Å²) in [5.74, 6) is -2.95. The fourth-order valence-corrected chi connectivity index (χ4v) is 3.52. The number of carboxylic acid groups (broad SMARTS) is 1. The van der Waals surface area contributed by atoms with Crippen LogP contribution in [0, 0.1) is 0 Å². The van der Waals surface area contributed by atoms with Crippen molar-refractivity contribution in [3.05, 3.63) is 34.9 Å². The first-order valence-corrected chi connectivity index (χ1v) is 9.72. The third-order valence-corrected chi connectivity index (χ3v) is 4.76. The molecule has 1 unspecified atom stereocenters. The Morgan fingerprint density at radius 1 is 1.24 bits per heavy atom. The number of hydrogen-bond acceptors (Lipinski definition) is 5. The Balaban J connectivity index is 2.90. The number of nitrogens with one attached hydrogen (secondary N) is 1. The van der Waals surface area contributed by atoms with Crippen molar-refractivity contribution < 1.29 is 27.9 Å². The summed E-state index contributed by atoms with van der Waals surface area (Å²) in [6, 6.07) is 5.87. The van der Waals surface area contributed by atoms with E-state index in [1.54, 1.807) is 45.0 Å². The molecule has 1 atom stereocenters. The van der Waals surface area contributed by atoms with Crippen molar-refractivity contribution in [3.63, 3.8) is 0 Å². The van der Waals surface area contributed by atoms with Crippen LogP contribution in [-0.2, 0) is 25.8 Å². The Bertz CT molecular complexity index is 709. The molecular weight excluding hydrogens is 370 g/mol. The Hall–Kier alpha value is -1.80. The monoisotopic (exact) mass is 391 g/mol. The third kappa shape index (κ3) is 9.31. The van der Waals surface area contributed by atoms with Crippen molar-refractivity contribution in [3.8, 4) is 0 Å². The molecule has 0 aliphatic rings. The van der Waals surface area contributed by atoms with Crippen LogP contribution in [0.2, 0.25) is 5.02 Å². The molecule has 0 aromatic heterocycles. The zero-order chi connectivity index (χ0) is 19.3. The van der Waals surface area contributed by atoms with Gasteiger partial charge in [-0.1, -0.05) is 23.7 Å². The summed E-state index contributed by atoms with van der Waals surface area (Å²) in [4.78, 5) is 22.7. The summed E-state index contributed by atoms with van der Waals surface area (Å²) in [6.07, 6.45) is -0.577. The van der Waals surface area contributed by atoms with Gasteiger partial charge in [0.2, 0.25) is 0 Å². The normalized spacial score (nSPS) is 13.1. The van der Waals surface area contributed by atoms with E-state index in [0.717, 1.165) is 5.56 Å². The van der Waals surface area contributed by atoms with Crippen LogP contribution in [0.1, 0.15) is 26.3 Å². The highest BCUT2D eigenvalue weighted by Gasteiger charge is 2.26. The second-order valence-electron chi connectivity index (χ2n) is 6.62. The highest BCUT2D eigenvalue weighted by molar-refractivity contribution is 7.92. The second kappa shape index (κ2) is 8.53. The number of hydrogen-bond donors (Lipinski definition) is 2. The maximum atomic E-state index is 12.0. The van der Waals surface area contributed by atoms with Gasteiger partial charge in [0.05, 0.1) is 11.8 Å².